The summed E-state index contributed by atoms with van der Waals surface area (Å²) < 4.78 is 10.1. The lowest BCUT2D eigenvalue weighted by atomic mass is 10.0. The molecule has 14 heavy (non-hydrogen) atoms. The van der Waals surface area contributed by atoms with Gasteiger partial charge in [-0.3, -0.25) is 0 Å². The maximum atomic E-state index is 5.45. The molecule has 82 valence electrons. The van der Waals surface area contributed by atoms with E-state index in [4.69, 9.17) is 15.2 Å². The number of nitrogens with zero attached hydrogens (tertiary/aromatic N) is 1. The summed E-state index contributed by atoms with van der Waals surface area (Å²) in [6, 6.07) is -0.0986. The minimum Gasteiger partial charge on any atom is -0.499 e. The third-order valence-corrected chi connectivity index (χ3v) is 1.92. The molecule has 4 heteroatoms. The molecule has 0 heterocycles. The van der Waals surface area contributed by atoms with Gasteiger partial charge in [0.25, 0.3) is 0 Å². The van der Waals surface area contributed by atoms with Crippen molar-refractivity contribution < 1.29 is 9.47 Å². The van der Waals surface area contributed by atoms with Crippen LogP contribution < -0.4 is 5.73 Å². The molecular formula is C10H20N2O2. The number of ether oxygens (including phenoxy) is 2. The van der Waals surface area contributed by atoms with Crippen molar-refractivity contribution in [2.24, 2.45) is 16.6 Å². The number of hydrogen-bond acceptors (Lipinski definition) is 4. The molecule has 0 saturated heterocycles. The monoisotopic (exact) mass is 200 g/mol. The Morgan fingerprint density at radius 2 is 1.93 bits per heavy atom. The second-order valence-electron chi connectivity index (χ2n) is 3.29. The van der Waals surface area contributed by atoms with Gasteiger partial charge >= 0.3 is 0 Å². The zero-order valence-corrected chi connectivity index (χ0v) is 9.41. The van der Waals surface area contributed by atoms with Gasteiger partial charge in [-0.05, 0) is 5.92 Å². The molecular weight excluding hydrogens is 180 g/mol. The van der Waals surface area contributed by atoms with Gasteiger partial charge in [-0.1, -0.05) is 20.4 Å². The SMILES string of the molecule is C=C(OC)[C@H](/N=C(\CN)OC)C(C)C. The van der Waals surface area contributed by atoms with Crippen molar-refractivity contribution >= 4 is 5.90 Å². The molecule has 0 radical (unpaired) electrons. The Kier molecular flexibility index (Phi) is 5.95. The first kappa shape index (κ1) is 13.0. The summed E-state index contributed by atoms with van der Waals surface area (Å²) in [5.41, 5.74) is 5.45. The summed E-state index contributed by atoms with van der Waals surface area (Å²) in [4.78, 5) is 4.33. The van der Waals surface area contributed by atoms with Crippen LogP contribution in [-0.4, -0.2) is 32.7 Å². The maximum Gasteiger partial charge on any atom is 0.197 e. The van der Waals surface area contributed by atoms with Gasteiger partial charge in [0.05, 0.1) is 20.8 Å². The summed E-state index contributed by atoms with van der Waals surface area (Å²) in [5, 5.41) is 0. The highest BCUT2D eigenvalue weighted by Gasteiger charge is 2.17. The van der Waals surface area contributed by atoms with E-state index in [1.54, 1.807) is 14.2 Å². The molecule has 0 spiro atoms. The topological polar surface area (TPSA) is 56.8 Å². The number of aliphatic imine (C=N–C) groups is 1. The van der Waals surface area contributed by atoms with Crippen LogP contribution in [0.15, 0.2) is 17.3 Å². The Hall–Kier alpha value is -1.03. The third kappa shape index (κ3) is 3.79. The highest BCUT2D eigenvalue weighted by Crippen LogP contribution is 2.15. The number of hydrogen-bond donors (Lipinski definition) is 1. The van der Waals surface area contributed by atoms with Gasteiger partial charge in [0.1, 0.15) is 11.8 Å². The molecule has 0 rings (SSSR count). The summed E-state index contributed by atoms with van der Waals surface area (Å²) in [6.07, 6.45) is 0. The Morgan fingerprint density at radius 1 is 1.36 bits per heavy atom. The summed E-state index contributed by atoms with van der Waals surface area (Å²) >= 11 is 0. The van der Waals surface area contributed by atoms with E-state index in [9.17, 15) is 0 Å². The molecule has 2 N–H and O–H groups in total. The Bertz CT molecular complexity index is 206. The lowest BCUT2D eigenvalue weighted by Gasteiger charge is -2.18. The van der Waals surface area contributed by atoms with Crippen LogP contribution in [-0.2, 0) is 9.47 Å². The summed E-state index contributed by atoms with van der Waals surface area (Å²) in [5.74, 6) is 1.45. The molecule has 0 unspecified atom stereocenters. The van der Waals surface area contributed by atoms with E-state index < -0.39 is 0 Å². The standard InChI is InChI=1S/C10H20N2O2/c1-7(2)10(8(3)13-4)12-9(6-11)14-5/h7,10H,3,6,11H2,1-2,4-5H3/b12-9+/t10-/m1/s1. The minimum absolute atomic E-state index is 0.0986. The van der Waals surface area contributed by atoms with Crippen molar-refractivity contribution in [3.8, 4) is 0 Å². The minimum atomic E-state index is -0.0986. The van der Waals surface area contributed by atoms with E-state index in [1.165, 1.54) is 0 Å². The van der Waals surface area contributed by atoms with E-state index >= 15 is 0 Å². The van der Waals surface area contributed by atoms with Gasteiger partial charge in [0, 0.05) is 0 Å². The first-order valence-electron chi connectivity index (χ1n) is 4.60. The fraction of sp³-hybridized carbons (Fsp3) is 0.700. The van der Waals surface area contributed by atoms with Crippen molar-refractivity contribution in [1.29, 1.82) is 0 Å². The maximum absolute atomic E-state index is 5.45. The lowest BCUT2D eigenvalue weighted by molar-refractivity contribution is 0.248. The zero-order chi connectivity index (χ0) is 11.1. The molecule has 0 saturated carbocycles. The van der Waals surface area contributed by atoms with Crippen LogP contribution in [0.1, 0.15) is 13.8 Å². The van der Waals surface area contributed by atoms with E-state index in [-0.39, 0.29) is 12.6 Å². The first-order valence-corrected chi connectivity index (χ1v) is 4.60. The van der Waals surface area contributed by atoms with Crippen LogP contribution in [0.5, 0.6) is 0 Å². The van der Waals surface area contributed by atoms with Crippen LogP contribution in [0, 0.1) is 5.92 Å². The summed E-state index contributed by atoms with van der Waals surface area (Å²) in [7, 11) is 3.14. The van der Waals surface area contributed by atoms with Crippen LogP contribution in [0.2, 0.25) is 0 Å². The van der Waals surface area contributed by atoms with Crippen molar-refractivity contribution in [2.45, 2.75) is 19.9 Å². The Labute approximate surface area is 85.8 Å². The zero-order valence-electron chi connectivity index (χ0n) is 9.41. The highest BCUT2D eigenvalue weighted by atomic mass is 16.5. The van der Waals surface area contributed by atoms with Crippen molar-refractivity contribution in [3.05, 3.63) is 12.3 Å². The van der Waals surface area contributed by atoms with Gasteiger partial charge < -0.3 is 15.2 Å². The molecule has 0 aliphatic heterocycles. The van der Waals surface area contributed by atoms with Gasteiger partial charge in [0.2, 0.25) is 0 Å². The van der Waals surface area contributed by atoms with Gasteiger partial charge in [-0.2, -0.15) is 0 Å². The number of rotatable bonds is 5. The average Bonchev–Trinajstić information content (AvgIpc) is 2.18. The quantitative estimate of drug-likeness (QED) is 0.412. The van der Waals surface area contributed by atoms with Crippen LogP contribution in [0.25, 0.3) is 0 Å². The molecule has 0 aromatic heterocycles. The number of methoxy groups -OCH3 is 2. The fourth-order valence-electron chi connectivity index (χ4n) is 1.06. The average molecular weight is 200 g/mol. The number of nitrogens with two attached hydrogens (primary N) is 1. The highest BCUT2D eigenvalue weighted by molar-refractivity contribution is 5.78. The van der Waals surface area contributed by atoms with E-state index in [0.717, 1.165) is 0 Å². The second kappa shape index (κ2) is 6.43. The fourth-order valence-corrected chi connectivity index (χ4v) is 1.06. The molecule has 0 aromatic rings. The molecule has 0 amide bonds. The molecule has 0 fully saturated rings. The molecule has 4 nitrogen and oxygen atoms in total. The van der Waals surface area contributed by atoms with Crippen LogP contribution >= 0.6 is 0 Å². The molecule has 1 atom stereocenters. The van der Waals surface area contributed by atoms with Gasteiger partial charge in [-0.25, -0.2) is 4.99 Å². The molecule has 0 aromatic carbocycles. The van der Waals surface area contributed by atoms with Crippen LogP contribution in [0.4, 0.5) is 0 Å². The van der Waals surface area contributed by atoms with Gasteiger partial charge in [-0.15, -0.1) is 0 Å². The van der Waals surface area contributed by atoms with E-state index in [1.807, 2.05) is 13.8 Å². The summed E-state index contributed by atoms with van der Waals surface area (Å²) in [6.45, 7) is 8.17. The Balaban J connectivity index is 4.66. The lowest BCUT2D eigenvalue weighted by Crippen LogP contribution is -2.23. The Morgan fingerprint density at radius 3 is 2.21 bits per heavy atom. The smallest absolute Gasteiger partial charge is 0.197 e. The third-order valence-electron chi connectivity index (χ3n) is 1.92. The normalized spacial score (nSPS) is 14.0. The predicted octanol–water partition coefficient (Wildman–Crippen LogP) is 1.17. The first-order chi connectivity index (χ1) is 6.56. The molecule has 0 aliphatic carbocycles. The second-order valence-corrected chi connectivity index (χ2v) is 3.29. The largest absolute Gasteiger partial charge is 0.499 e. The van der Waals surface area contributed by atoms with E-state index in [0.29, 0.717) is 17.6 Å². The molecule has 0 bridgehead atoms. The van der Waals surface area contributed by atoms with Crippen molar-refractivity contribution in [3.63, 3.8) is 0 Å². The molecule has 0 aliphatic rings. The predicted molar refractivity (Wildman–Crippen MR) is 58.3 cm³/mol. The van der Waals surface area contributed by atoms with E-state index in [2.05, 4.69) is 11.6 Å². The van der Waals surface area contributed by atoms with Gasteiger partial charge in [0.15, 0.2) is 5.90 Å². The van der Waals surface area contributed by atoms with Crippen LogP contribution in [0.3, 0.4) is 0 Å². The van der Waals surface area contributed by atoms with Crippen molar-refractivity contribution in [2.75, 3.05) is 20.8 Å². The van der Waals surface area contributed by atoms with Crippen molar-refractivity contribution in [1.82, 2.24) is 0 Å².